The molecule has 0 N–H and O–H groups in total. The summed E-state index contributed by atoms with van der Waals surface area (Å²) in [5, 5.41) is 0. The average molecular weight is 192 g/mol. The van der Waals surface area contributed by atoms with E-state index in [0.717, 1.165) is 12.0 Å². The van der Waals surface area contributed by atoms with E-state index in [2.05, 4.69) is 0 Å². The third-order valence-electron chi connectivity index (χ3n) is 3.22. The van der Waals surface area contributed by atoms with Crippen LogP contribution < -0.4 is 0 Å². The molecule has 0 aromatic heterocycles. The van der Waals surface area contributed by atoms with Gasteiger partial charge in [-0.05, 0) is 24.1 Å². The number of hydrogen-bond acceptors (Lipinski definition) is 2. The van der Waals surface area contributed by atoms with Crippen LogP contribution >= 0.6 is 0 Å². The average Bonchev–Trinajstić information content (AvgIpc) is 2.83. The van der Waals surface area contributed by atoms with Gasteiger partial charge in [-0.3, -0.25) is 4.79 Å². The lowest BCUT2D eigenvalue weighted by atomic mass is 9.95. The molecule has 1 saturated carbocycles. The maximum absolute atomic E-state index is 13.0. The zero-order valence-corrected chi connectivity index (χ0v) is 7.50. The van der Waals surface area contributed by atoms with Crippen molar-refractivity contribution in [1.29, 1.82) is 0 Å². The number of cyclic esters (lactones) is 1. The summed E-state index contributed by atoms with van der Waals surface area (Å²) < 4.78 is 17.9. The number of hydrogen-bond donors (Lipinski definition) is 0. The molecule has 1 unspecified atom stereocenters. The largest absolute Gasteiger partial charge is 0.465 e. The first kappa shape index (κ1) is 7.97. The molecule has 2 atom stereocenters. The summed E-state index contributed by atoms with van der Waals surface area (Å²) in [4.78, 5) is 11.5. The van der Waals surface area contributed by atoms with Gasteiger partial charge in [-0.1, -0.05) is 12.1 Å². The van der Waals surface area contributed by atoms with Gasteiger partial charge in [0, 0.05) is 5.92 Å². The molecule has 1 heterocycles. The fraction of sp³-hybridized carbons (Fsp3) is 0.364. The van der Waals surface area contributed by atoms with Crippen LogP contribution in [0.1, 0.15) is 12.0 Å². The molecule has 0 bridgehead atoms. The van der Waals surface area contributed by atoms with Crippen LogP contribution in [0, 0.1) is 11.7 Å². The standard InChI is InChI=1S/C11H9FO2/c12-9-3-1-2-7(4-9)11-5-8(11)6-14-10(11)13/h1-4,8H,5-6H2/t8-,11?/m0/s1. The molecule has 0 amide bonds. The number of esters is 1. The normalized spacial score (nSPS) is 33.8. The molecule has 2 nitrogen and oxygen atoms in total. The molecule has 1 aliphatic heterocycles. The zero-order valence-electron chi connectivity index (χ0n) is 7.50. The molecule has 0 radical (unpaired) electrons. The Morgan fingerprint density at radius 2 is 2.36 bits per heavy atom. The molecular formula is C11H9FO2. The fourth-order valence-electron chi connectivity index (χ4n) is 2.32. The Bertz CT molecular complexity index is 416. The Morgan fingerprint density at radius 1 is 1.50 bits per heavy atom. The summed E-state index contributed by atoms with van der Waals surface area (Å²) in [5.74, 6) is -0.202. The van der Waals surface area contributed by atoms with Crippen LogP contribution in [0.5, 0.6) is 0 Å². The van der Waals surface area contributed by atoms with E-state index < -0.39 is 5.41 Å². The molecule has 0 spiro atoms. The van der Waals surface area contributed by atoms with Crippen molar-refractivity contribution >= 4 is 5.97 Å². The van der Waals surface area contributed by atoms with Crippen LogP contribution in [0.15, 0.2) is 24.3 Å². The number of halogens is 1. The lowest BCUT2D eigenvalue weighted by Crippen LogP contribution is -2.18. The van der Waals surface area contributed by atoms with Crippen LogP contribution in [0.25, 0.3) is 0 Å². The van der Waals surface area contributed by atoms with E-state index in [4.69, 9.17) is 4.74 Å². The topological polar surface area (TPSA) is 26.3 Å². The number of carbonyl (C=O) groups is 1. The van der Waals surface area contributed by atoms with Gasteiger partial charge < -0.3 is 4.74 Å². The molecular weight excluding hydrogens is 183 g/mol. The lowest BCUT2D eigenvalue weighted by Gasteiger charge is -2.08. The fourth-order valence-corrected chi connectivity index (χ4v) is 2.32. The lowest BCUT2D eigenvalue weighted by molar-refractivity contribution is -0.142. The highest BCUT2D eigenvalue weighted by atomic mass is 19.1. The monoisotopic (exact) mass is 192 g/mol. The second-order valence-electron chi connectivity index (χ2n) is 3.98. The second kappa shape index (κ2) is 2.35. The first-order chi connectivity index (χ1) is 6.73. The summed E-state index contributed by atoms with van der Waals surface area (Å²) >= 11 is 0. The van der Waals surface area contributed by atoms with Gasteiger partial charge in [0.15, 0.2) is 0 Å². The molecule has 1 aliphatic carbocycles. The van der Waals surface area contributed by atoms with E-state index in [1.165, 1.54) is 12.1 Å². The molecule has 2 fully saturated rings. The summed E-state index contributed by atoms with van der Waals surface area (Å²) in [7, 11) is 0. The maximum atomic E-state index is 13.0. The van der Waals surface area contributed by atoms with Gasteiger partial charge in [0.2, 0.25) is 0 Å². The van der Waals surface area contributed by atoms with Gasteiger partial charge in [-0.2, -0.15) is 0 Å². The Kier molecular flexibility index (Phi) is 1.34. The van der Waals surface area contributed by atoms with E-state index in [9.17, 15) is 9.18 Å². The molecule has 3 rings (SSSR count). The van der Waals surface area contributed by atoms with Crippen molar-refractivity contribution in [2.24, 2.45) is 5.92 Å². The predicted molar refractivity (Wildman–Crippen MR) is 47.1 cm³/mol. The Labute approximate surface area is 80.7 Å². The van der Waals surface area contributed by atoms with E-state index in [1.54, 1.807) is 12.1 Å². The second-order valence-corrected chi connectivity index (χ2v) is 3.98. The molecule has 1 saturated heterocycles. The SMILES string of the molecule is O=C1OC[C@@H]2CC12c1cccc(F)c1. The Balaban J connectivity index is 2.08. The highest BCUT2D eigenvalue weighted by molar-refractivity contribution is 5.89. The number of benzene rings is 1. The van der Waals surface area contributed by atoms with Gasteiger partial charge in [0.1, 0.15) is 5.82 Å². The summed E-state index contributed by atoms with van der Waals surface area (Å²) in [6.07, 6.45) is 0.815. The number of rotatable bonds is 1. The van der Waals surface area contributed by atoms with E-state index in [-0.39, 0.29) is 17.7 Å². The van der Waals surface area contributed by atoms with Gasteiger partial charge in [-0.25, -0.2) is 4.39 Å². The van der Waals surface area contributed by atoms with Crippen LogP contribution in [0.2, 0.25) is 0 Å². The van der Waals surface area contributed by atoms with Crippen molar-refractivity contribution in [2.45, 2.75) is 11.8 Å². The molecule has 14 heavy (non-hydrogen) atoms. The van der Waals surface area contributed by atoms with E-state index >= 15 is 0 Å². The summed E-state index contributed by atoms with van der Waals surface area (Å²) in [5.41, 5.74) is 0.271. The van der Waals surface area contributed by atoms with Crippen molar-refractivity contribution in [1.82, 2.24) is 0 Å². The smallest absolute Gasteiger partial charge is 0.317 e. The third kappa shape index (κ3) is 0.820. The Morgan fingerprint density at radius 3 is 2.93 bits per heavy atom. The first-order valence-corrected chi connectivity index (χ1v) is 4.67. The number of carbonyl (C=O) groups excluding carboxylic acids is 1. The van der Waals surface area contributed by atoms with Crippen molar-refractivity contribution in [3.8, 4) is 0 Å². The quantitative estimate of drug-likeness (QED) is 0.632. The number of ether oxygens (including phenoxy) is 1. The van der Waals surface area contributed by atoms with Crippen LogP contribution in [-0.2, 0) is 14.9 Å². The van der Waals surface area contributed by atoms with Crippen LogP contribution in [0.4, 0.5) is 4.39 Å². The van der Waals surface area contributed by atoms with Gasteiger partial charge >= 0.3 is 5.97 Å². The first-order valence-electron chi connectivity index (χ1n) is 4.67. The van der Waals surface area contributed by atoms with E-state index in [0.29, 0.717) is 6.61 Å². The van der Waals surface area contributed by atoms with Gasteiger partial charge in [0.25, 0.3) is 0 Å². The summed E-state index contributed by atoms with van der Waals surface area (Å²) in [6, 6.07) is 6.26. The van der Waals surface area contributed by atoms with E-state index in [1.807, 2.05) is 0 Å². The van der Waals surface area contributed by atoms with Crippen molar-refractivity contribution in [3.05, 3.63) is 35.6 Å². The Hall–Kier alpha value is -1.38. The molecule has 2 aliphatic rings. The highest BCUT2D eigenvalue weighted by Gasteiger charge is 2.66. The molecule has 72 valence electrons. The zero-order chi connectivity index (χ0) is 9.76. The van der Waals surface area contributed by atoms with Crippen molar-refractivity contribution < 1.29 is 13.9 Å². The molecule has 3 heteroatoms. The van der Waals surface area contributed by atoms with Crippen molar-refractivity contribution in [2.75, 3.05) is 6.61 Å². The maximum Gasteiger partial charge on any atom is 0.317 e. The van der Waals surface area contributed by atoms with Crippen LogP contribution in [-0.4, -0.2) is 12.6 Å². The van der Waals surface area contributed by atoms with Crippen LogP contribution in [0.3, 0.4) is 0 Å². The minimum absolute atomic E-state index is 0.187. The van der Waals surface area contributed by atoms with Crippen molar-refractivity contribution in [3.63, 3.8) is 0 Å². The van der Waals surface area contributed by atoms with Gasteiger partial charge in [0.05, 0.1) is 12.0 Å². The highest BCUT2D eigenvalue weighted by Crippen LogP contribution is 2.58. The number of fused-ring (bicyclic) bond motifs is 1. The predicted octanol–water partition coefficient (Wildman–Crippen LogP) is 1.64. The molecule has 1 aromatic rings. The van der Waals surface area contributed by atoms with Gasteiger partial charge in [-0.15, -0.1) is 0 Å². The summed E-state index contributed by atoms with van der Waals surface area (Å²) in [6.45, 7) is 0.495. The minimum Gasteiger partial charge on any atom is -0.465 e. The minimum atomic E-state index is -0.498. The molecule has 1 aromatic carbocycles. The third-order valence-corrected chi connectivity index (χ3v) is 3.22.